The van der Waals surface area contributed by atoms with Gasteiger partial charge in [0.15, 0.2) is 5.78 Å². The monoisotopic (exact) mass is 362 g/mol. The van der Waals surface area contributed by atoms with Crippen LogP contribution in [0.4, 0.5) is 0 Å². The first kappa shape index (κ1) is 18.4. The lowest BCUT2D eigenvalue weighted by atomic mass is 9.75. The van der Waals surface area contributed by atoms with E-state index in [1.807, 2.05) is 0 Å². The molecule has 0 amide bonds. The van der Waals surface area contributed by atoms with Gasteiger partial charge in [-0.1, -0.05) is 0 Å². The summed E-state index contributed by atoms with van der Waals surface area (Å²) in [4.78, 5) is 25.2. The van der Waals surface area contributed by atoms with E-state index in [0.717, 1.165) is 6.08 Å². The number of ketones is 2. The SMILES string of the molecule is C[C@]1(O)Cc2c(O)c3c(c(O)c2[C@@H](O)C1)C(=O)C=C(NCCCN)C3=O. The van der Waals surface area contributed by atoms with Crippen molar-refractivity contribution in [2.75, 3.05) is 13.1 Å². The predicted octanol–water partition coefficient (Wildman–Crippen LogP) is 0.0297. The number of allylic oxidation sites excluding steroid dienone is 2. The number of carbonyl (C=O) groups excluding carboxylic acids is 2. The van der Waals surface area contributed by atoms with Crippen molar-refractivity contribution in [1.82, 2.24) is 5.32 Å². The van der Waals surface area contributed by atoms with E-state index in [2.05, 4.69) is 5.32 Å². The summed E-state index contributed by atoms with van der Waals surface area (Å²) in [6.07, 6.45) is 0.268. The lowest BCUT2D eigenvalue weighted by Crippen LogP contribution is -2.36. The van der Waals surface area contributed by atoms with E-state index < -0.39 is 34.8 Å². The highest BCUT2D eigenvalue weighted by Crippen LogP contribution is 2.49. The van der Waals surface area contributed by atoms with Crippen molar-refractivity contribution < 1.29 is 30.0 Å². The van der Waals surface area contributed by atoms with Crippen LogP contribution in [0.1, 0.15) is 57.7 Å². The van der Waals surface area contributed by atoms with Crippen LogP contribution in [0.5, 0.6) is 11.5 Å². The number of phenolic OH excluding ortho intramolecular Hbond substituents is 2. The number of Topliss-reactive ketones (excluding diaryl/α,β-unsaturated/α-hetero) is 1. The molecule has 0 bridgehead atoms. The number of aromatic hydroxyl groups is 2. The lowest BCUT2D eigenvalue weighted by molar-refractivity contribution is -0.00904. The second kappa shape index (κ2) is 6.39. The van der Waals surface area contributed by atoms with Crippen LogP contribution in [0.15, 0.2) is 11.8 Å². The molecule has 0 spiro atoms. The quantitative estimate of drug-likeness (QED) is 0.324. The molecule has 0 heterocycles. The Bertz CT molecular complexity index is 828. The van der Waals surface area contributed by atoms with E-state index in [1.165, 1.54) is 6.92 Å². The Hall–Kier alpha value is -2.42. The van der Waals surface area contributed by atoms with Gasteiger partial charge in [-0.05, 0) is 19.9 Å². The van der Waals surface area contributed by atoms with E-state index >= 15 is 0 Å². The van der Waals surface area contributed by atoms with Crippen LogP contribution in [-0.2, 0) is 6.42 Å². The van der Waals surface area contributed by atoms with E-state index in [0.29, 0.717) is 19.5 Å². The minimum Gasteiger partial charge on any atom is -0.507 e. The number of nitrogens with two attached hydrogens (primary N) is 1. The van der Waals surface area contributed by atoms with Gasteiger partial charge in [-0.2, -0.15) is 0 Å². The molecule has 0 aliphatic heterocycles. The molecule has 0 radical (unpaired) electrons. The molecule has 0 aromatic heterocycles. The number of nitrogens with one attached hydrogen (secondary N) is 1. The van der Waals surface area contributed by atoms with Crippen molar-refractivity contribution in [1.29, 1.82) is 0 Å². The number of hydrogen-bond acceptors (Lipinski definition) is 8. The molecule has 1 aromatic rings. The fourth-order valence-electron chi connectivity index (χ4n) is 3.62. The first-order chi connectivity index (χ1) is 12.2. The topological polar surface area (TPSA) is 153 Å². The zero-order valence-electron chi connectivity index (χ0n) is 14.4. The van der Waals surface area contributed by atoms with Crippen molar-refractivity contribution in [3.8, 4) is 11.5 Å². The number of hydrogen-bond donors (Lipinski definition) is 6. The van der Waals surface area contributed by atoms with Gasteiger partial charge in [0, 0.05) is 36.6 Å². The van der Waals surface area contributed by atoms with Gasteiger partial charge in [0.05, 0.1) is 28.5 Å². The molecule has 26 heavy (non-hydrogen) atoms. The summed E-state index contributed by atoms with van der Waals surface area (Å²) in [6.45, 7) is 2.27. The van der Waals surface area contributed by atoms with E-state index in [-0.39, 0.29) is 40.8 Å². The highest BCUT2D eigenvalue weighted by atomic mass is 16.3. The first-order valence-electron chi connectivity index (χ1n) is 8.43. The lowest BCUT2D eigenvalue weighted by Gasteiger charge is -2.35. The van der Waals surface area contributed by atoms with Gasteiger partial charge in [-0.3, -0.25) is 9.59 Å². The second-order valence-electron chi connectivity index (χ2n) is 7.05. The van der Waals surface area contributed by atoms with Crippen LogP contribution in [0, 0.1) is 0 Å². The Balaban J connectivity index is 2.14. The van der Waals surface area contributed by atoms with Crippen molar-refractivity contribution in [3.05, 3.63) is 34.0 Å². The summed E-state index contributed by atoms with van der Waals surface area (Å²) in [5.41, 5.74) is 3.53. The Morgan fingerprint density at radius 3 is 2.62 bits per heavy atom. The molecule has 2 aliphatic carbocycles. The third-order valence-electron chi connectivity index (χ3n) is 4.80. The second-order valence-corrected chi connectivity index (χ2v) is 7.05. The van der Waals surface area contributed by atoms with Crippen LogP contribution in [0.2, 0.25) is 0 Å². The zero-order chi connectivity index (χ0) is 19.2. The average molecular weight is 362 g/mol. The number of benzene rings is 1. The molecule has 7 N–H and O–H groups in total. The van der Waals surface area contributed by atoms with E-state index in [1.54, 1.807) is 0 Å². The Labute approximate surface area is 149 Å². The molecule has 8 heteroatoms. The summed E-state index contributed by atoms with van der Waals surface area (Å²) >= 11 is 0. The minimum atomic E-state index is -1.32. The molecule has 1 aromatic carbocycles. The highest BCUT2D eigenvalue weighted by molar-refractivity contribution is 6.26. The summed E-state index contributed by atoms with van der Waals surface area (Å²) in [6, 6.07) is 0. The summed E-state index contributed by atoms with van der Waals surface area (Å²) in [5, 5.41) is 44.6. The van der Waals surface area contributed by atoms with Crippen molar-refractivity contribution in [2.45, 2.75) is 37.9 Å². The maximum absolute atomic E-state index is 12.7. The number of aliphatic hydroxyl groups is 2. The smallest absolute Gasteiger partial charge is 0.213 e. The van der Waals surface area contributed by atoms with Gasteiger partial charge in [-0.15, -0.1) is 0 Å². The van der Waals surface area contributed by atoms with E-state index in [4.69, 9.17) is 5.73 Å². The molecule has 2 aliphatic rings. The van der Waals surface area contributed by atoms with Crippen LogP contribution >= 0.6 is 0 Å². The fourth-order valence-corrected chi connectivity index (χ4v) is 3.62. The van der Waals surface area contributed by atoms with Crippen LogP contribution in [0.3, 0.4) is 0 Å². The summed E-state index contributed by atoms with van der Waals surface area (Å²) in [7, 11) is 0. The number of aliphatic hydroxyl groups excluding tert-OH is 1. The van der Waals surface area contributed by atoms with Gasteiger partial charge in [0.1, 0.15) is 11.5 Å². The number of phenols is 2. The maximum atomic E-state index is 12.7. The first-order valence-corrected chi connectivity index (χ1v) is 8.43. The molecule has 3 rings (SSSR count). The molecular formula is C18H22N2O6. The minimum absolute atomic E-state index is 0.00807. The maximum Gasteiger partial charge on any atom is 0.213 e. The molecular weight excluding hydrogens is 340 g/mol. The molecule has 8 nitrogen and oxygen atoms in total. The summed E-state index contributed by atoms with van der Waals surface area (Å²) < 4.78 is 0. The van der Waals surface area contributed by atoms with Crippen molar-refractivity contribution in [2.24, 2.45) is 5.73 Å². The largest absolute Gasteiger partial charge is 0.507 e. The van der Waals surface area contributed by atoms with Crippen molar-refractivity contribution in [3.63, 3.8) is 0 Å². The standard InChI is InChI=1S/C18H22N2O6/c1-18(26)6-8-12(11(22)7-18)17(25)13-10(21)5-9(20-4-2-3-19)16(24)14(13)15(8)23/h5,11,20,22-23,25-26H,2-4,6-7,19H2,1H3/t11-,18-/m0/s1. The number of fused-ring (bicyclic) bond motifs is 2. The van der Waals surface area contributed by atoms with Crippen LogP contribution in [-0.4, -0.2) is 50.7 Å². The fraction of sp³-hybridized carbons (Fsp3) is 0.444. The number of rotatable bonds is 4. The molecule has 2 atom stereocenters. The van der Waals surface area contributed by atoms with Crippen LogP contribution in [0.25, 0.3) is 0 Å². The predicted molar refractivity (Wildman–Crippen MR) is 92.1 cm³/mol. The Kier molecular flexibility index (Phi) is 4.51. The third-order valence-corrected chi connectivity index (χ3v) is 4.80. The van der Waals surface area contributed by atoms with Gasteiger partial charge in [-0.25, -0.2) is 0 Å². The van der Waals surface area contributed by atoms with Gasteiger partial charge >= 0.3 is 0 Å². The van der Waals surface area contributed by atoms with Crippen molar-refractivity contribution >= 4 is 11.6 Å². The third kappa shape index (κ3) is 2.86. The normalized spacial score (nSPS) is 24.8. The van der Waals surface area contributed by atoms with E-state index in [9.17, 15) is 30.0 Å². The Morgan fingerprint density at radius 1 is 1.27 bits per heavy atom. The van der Waals surface area contributed by atoms with Crippen LogP contribution < -0.4 is 11.1 Å². The summed E-state index contributed by atoms with van der Waals surface area (Å²) in [5.74, 6) is -2.29. The van der Waals surface area contributed by atoms with Gasteiger partial charge < -0.3 is 31.5 Å². The zero-order valence-corrected chi connectivity index (χ0v) is 14.4. The Morgan fingerprint density at radius 2 is 1.96 bits per heavy atom. The van der Waals surface area contributed by atoms with Gasteiger partial charge in [0.25, 0.3) is 0 Å². The average Bonchev–Trinajstić information content (AvgIpc) is 2.54. The molecule has 140 valence electrons. The molecule has 0 unspecified atom stereocenters. The number of carbonyl (C=O) groups is 2. The highest BCUT2D eigenvalue weighted by Gasteiger charge is 2.42. The molecule has 0 saturated heterocycles. The molecule has 0 fully saturated rings. The van der Waals surface area contributed by atoms with Gasteiger partial charge in [0.2, 0.25) is 5.78 Å². The molecule has 0 saturated carbocycles.